The molecule has 1 saturated carbocycles. The van der Waals surface area contributed by atoms with Crippen LogP contribution in [0.3, 0.4) is 0 Å². The number of rotatable bonds is 5. The van der Waals surface area contributed by atoms with Gasteiger partial charge in [-0.3, -0.25) is 9.80 Å². The third-order valence-corrected chi connectivity index (χ3v) is 7.44. The van der Waals surface area contributed by atoms with Gasteiger partial charge in [-0.25, -0.2) is 0 Å². The van der Waals surface area contributed by atoms with E-state index < -0.39 is 0 Å². The highest BCUT2D eigenvalue weighted by Crippen LogP contribution is 2.48. The normalized spacial score (nSPS) is 34.8. The fourth-order valence-electron chi connectivity index (χ4n) is 5.42. The van der Waals surface area contributed by atoms with E-state index in [1.807, 2.05) is 18.4 Å². The summed E-state index contributed by atoms with van der Waals surface area (Å²) in [5, 5.41) is 4.49. The molecule has 2 aliphatic heterocycles. The summed E-state index contributed by atoms with van der Waals surface area (Å²) in [7, 11) is 1.89. The maximum Gasteiger partial charge on any atom is 0.0594 e. The maximum atomic E-state index is 5.75. The molecule has 0 bridgehead atoms. The molecule has 3 heterocycles. The second-order valence-corrected chi connectivity index (χ2v) is 8.98. The van der Waals surface area contributed by atoms with Crippen LogP contribution in [0.4, 0.5) is 0 Å². The first-order valence-corrected chi connectivity index (χ1v) is 10.8. The minimum atomic E-state index is 0.367. The molecule has 140 valence electrons. The predicted molar refractivity (Wildman–Crippen MR) is 102 cm³/mol. The number of morpholine rings is 1. The van der Waals surface area contributed by atoms with Crippen LogP contribution in [0, 0.1) is 11.3 Å². The summed E-state index contributed by atoms with van der Waals surface area (Å²) in [4.78, 5) is 5.37. The van der Waals surface area contributed by atoms with Crippen molar-refractivity contribution in [3.05, 3.63) is 22.4 Å². The standard InChI is InChI=1S/C20H32N2O2S/c1-23-16-20-5-2-19(22-7-9-24-10-8-22)12-18(20)3-6-21(15-20)13-17-4-11-25-14-17/h4,11,14,18-19H,2-3,5-10,12-13,15-16H2,1H3/t18-,19-,20+/m1/s1. The molecule has 25 heavy (non-hydrogen) atoms. The van der Waals surface area contributed by atoms with Gasteiger partial charge in [-0.1, -0.05) is 0 Å². The number of hydrogen-bond acceptors (Lipinski definition) is 5. The lowest BCUT2D eigenvalue weighted by Gasteiger charge is -2.54. The van der Waals surface area contributed by atoms with E-state index in [9.17, 15) is 0 Å². The molecule has 0 aromatic carbocycles. The van der Waals surface area contributed by atoms with Gasteiger partial charge >= 0.3 is 0 Å². The summed E-state index contributed by atoms with van der Waals surface area (Å²) < 4.78 is 11.3. The monoisotopic (exact) mass is 364 g/mol. The van der Waals surface area contributed by atoms with Crippen LogP contribution < -0.4 is 0 Å². The fourth-order valence-corrected chi connectivity index (χ4v) is 6.08. The van der Waals surface area contributed by atoms with E-state index in [-0.39, 0.29) is 0 Å². The molecule has 1 aliphatic carbocycles. The number of ether oxygens (including phenoxy) is 2. The Hall–Kier alpha value is -0.460. The zero-order chi connectivity index (χ0) is 17.1. The molecule has 2 saturated heterocycles. The van der Waals surface area contributed by atoms with Gasteiger partial charge in [0.1, 0.15) is 0 Å². The quantitative estimate of drug-likeness (QED) is 0.802. The van der Waals surface area contributed by atoms with Gasteiger partial charge in [-0.2, -0.15) is 11.3 Å². The van der Waals surface area contributed by atoms with Crippen LogP contribution in [0.1, 0.15) is 31.2 Å². The topological polar surface area (TPSA) is 24.9 Å². The van der Waals surface area contributed by atoms with Crippen molar-refractivity contribution in [1.29, 1.82) is 0 Å². The van der Waals surface area contributed by atoms with Gasteiger partial charge in [-0.15, -0.1) is 0 Å². The molecule has 3 aliphatic rings. The molecule has 1 aromatic rings. The minimum Gasteiger partial charge on any atom is -0.384 e. The Morgan fingerprint density at radius 3 is 2.92 bits per heavy atom. The van der Waals surface area contributed by atoms with Gasteiger partial charge in [0.05, 0.1) is 19.8 Å². The zero-order valence-electron chi connectivity index (χ0n) is 15.5. The summed E-state index contributed by atoms with van der Waals surface area (Å²) in [5.41, 5.74) is 1.84. The van der Waals surface area contributed by atoms with Gasteiger partial charge in [-0.05, 0) is 60.5 Å². The van der Waals surface area contributed by atoms with Crippen LogP contribution in [0.25, 0.3) is 0 Å². The van der Waals surface area contributed by atoms with Crippen molar-refractivity contribution in [3.8, 4) is 0 Å². The van der Waals surface area contributed by atoms with Crippen LogP contribution in [0.2, 0.25) is 0 Å². The lowest BCUT2D eigenvalue weighted by atomic mass is 9.62. The Labute approximate surface area is 156 Å². The zero-order valence-corrected chi connectivity index (χ0v) is 16.3. The molecule has 5 heteroatoms. The number of thiophene rings is 1. The molecule has 3 fully saturated rings. The van der Waals surface area contributed by atoms with Crippen molar-refractivity contribution in [2.75, 3.05) is 53.1 Å². The number of methoxy groups -OCH3 is 1. The Balaban J connectivity index is 1.42. The number of nitrogens with zero attached hydrogens (tertiary/aromatic N) is 2. The molecule has 3 atom stereocenters. The average molecular weight is 365 g/mol. The molecule has 1 aromatic heterocycles. The second-order valence-electron chi connectivity index (χ2n) is 8.20. The van der Waals surface area contributed by atoms with E-state index in [4.69, 9.17) is 9.47 Å². The smallest absolute Gasteiger partial charge is 0.0594 e. The van der Waals surface area contributed by atoms with Crippen molar-refractivity contribution >= 4 is 11.3 Å². The summed E-state index contributed by atoms with van der Waals surface area (Å²) in [6.07, 6.45) is 5.32. The van der Waals surface area contributed by atoms with E-state index in [0.29, 0.717) is 5.41 Å². The van der Waals surface area contributed by atoms with Gasteiger partial charge < -0.3 is 9.47 Å². The van der Waals surface area contributed by atoms with Crippen LogP contribution >= 0.6 is 11.3 Å². The molecule has 4 rings (SSSR count). The van der Waals surface area contributed by atoms with Crippen molar-refractivity contribution < 1.29 is 9.47 Å². The van der Waals surface area contributed by atoms with Crippen LogP contribution in [0.5, 0.6) is 0 Å². The van der Waals surface area contributed by atoms with Gasteiger partial charge in [0.25, 0.3) is 0 Å². The summed E-state index contributed by atoms with van der Waals surface area (Å²) in [6.45, 7) is 8.55. The highest BCUT2D eigenvalue weighted by atomic mass is 32.1. The number of hydrogen-bond donors (Lipinski definition) is 0. The third kappa shape index (κ3) is 3.96. The van der Waals surface area contributed by atoms with E-state index in [2.05, 4.69) is 26.6 Å². The summed E-state index contributed by atoms with van der Waals surface area (Å²) >= 11 is 1.81. The van der Waals surface area contributed by atoms with Crippen LogP contribution in [0.15, 0.2) is 16.8 Å². The van der Waals surface area contributed by atoms with Crippen molar-refractivity contribution in [2.24, 2.45) is 11.3 Å². The number of piperidine rings is 1. The average Bonchev–Trinajstić information content (AvgIpc) is 3.15. The highest BCUT2D eigenvalue weighted by molar-refractivity contribution is 7.07. The molecule has 0 spiro atoms. The van der Waals surface area contributed by atoms with Crippen LogP contribution in [-0.4, -0.2) is 69.0 Å². The maximum absolute atomic E-state index is 5.75. The molecule has 0 unspecified atom stereocenters. The van der Waals surface area contributed by atoms with Crippen molar-refractivity contribution in [2.45, 2.75) is 38.3 Å². The second kappa shape index (κ2) is 8.05. The van der Waals surface area contributed by atoms with Crippen LogP contribution in [-0.2, 0) is 16.0 Å². The highest BCUT2D eigenvalue weighted by Gasteiger charge is 2.47. The fraction of sp³-hybridized carbons (Fsp3) is 0.800. The Bertz CT molecular complexity index is 532. The third-order valence-electron chi connectivity index (χ3n) is 6.71. The predicted octanol–water partition coefficient (Wildman–Crippen LogP) is 3.09. The first-order chi connectivity index (χ1) is 12.3. The number of fused-ring (bicyclic) bond motifs is 1. The first kappa shape index (κ1) is 17.9. The molecular weight excluding hydrogens is 332 g/mol. The van der Waals surface area contributed by atoms with E-state index >= 15 is 0 Å². The number of likely N-dealkylation sites (tertiary alicyclic amines) is 1. The Kier molecular flexibility index (Phi) is 5.77. The Morgan fingerprint density at radius 1 is 1.28 bits per heavy atom. The molecular formula is C20H32N2O2S. The minimum absolute atomic E-state index is 0.367. The summed E-state index contributed by atoms with van der Waals surface area (Å²) in [5.74, 6) is 0.813. The molecule has 4 nitrogen and oxygen atoms in total. The van der Waals surface area contributed by atoms with Gasteiger partial charge in [0.2, 0.25) is 0 Å². The van der Waals surface area contributed by atoms with E-state index in [1.54, 1.807) is 0 Å². The Morgan fingerprint density at radius 2 is 2.16 bits per heavy atom. The SMILES string of the molecule is COC[C@@]12CC[C@@H](N3CCOCC3)C[C@H]1CCN(Cc1ccsc1)C2. The lowest BCUT2D eigenvalue weighted by molar-refractivity contribution is -0.0870. The lowest BCUT2D eigenvalue weighted by Crippen LogP contribution is -2.56. The van der Waals surface area contributed by atoms with Gasteiger partial charge in [0.15, 0.2) is 0 Å². The summed E-state index contributed by atoms with van der Waals surface area (Å²) in [6, 6.07) is 3.04. The first-order valence-electron chi connectivity index (χ1n) is 9.83. The van der Waals surface area contributed by atoms with Crippen molar-refractivity contribution in [3.63, 3.8) is 0 Å². The van der Waals surface area contributed by atoms with Crippen molar-refractivity contribution in [1.82, 2.24) is 9.80 Å². The molecule has 0 amide bonds. The largest absolute Gasteiger partial charge is 0.384 e. The van der Waals surface area contributed by atoms with E-state index in [1.165, 1.54) is 44.3 Å². The molecule has 0 radical (unpaired) electrons. The van der Waals surface area contributed by atoms with Gasteiger partial charge in [0, 0.05) is 44.7 Å². The molecule has 0 N–H and O–H groups in total. The van der Waals surface area contributed by atoms with E-state index in [0.717, 1.165) is 51.4 Å².